The molecule has 2 aromatic carbocycles. The van der Waals surface area contributed by atoms with Crippen molar-refractivity contribution in [1.29, 1.82) is 0 Å². The van der Waals surface area contributed by atoms with Crippen molar-refractivity contribution in [2.75, 3.05) is 7.11 Å². The maximum Gasteiger partial charge on any atom is 0.121 e. The number of para-hydroxylation sites is 1. The molecule has 0 radical (unpaired) electrons. The van der Waals surface area contributed by atoms with Gasteiger partial charge in [-0.05, 0) is 35.7 Å². The Morgan fingerprint density at radius 3 is 2.69 bits per heavy atom. The molecule has 2 aromatic heterocycles. The van der Waals surface area contributed by atoms with E-state index in [-0.39, 0.29) is 0 Å². The van der Waals surface area contributed by atoms with Crippen molar-refractivity contribution in [1.82, 2.24) is 9.78 Å². The van der Waals surface area contributed by atoms with E-state index in [4.69, 9.17) is 9.84 Å². The van der Waals surface area contributed by atoms with Gasteiger partial charge in [0, 0.05) is 24.0 Å². The second-order valence-electron chi connectivity index (χ2n) is 5.65. The molecule has 0 unspecified atom stereocenters. The predicted octanol–water partition coefficient (Wildman–Crippen LogP) is 5.36. The maximum atomic E-state index is 5.26. The van der Waals surface area contributed by atoms with Crippen LogP contribution in [0.15, 0.2) is 83.3 Å². The molecule has 2 heterocycles. The van der Waals surface area contributed by atoms with Crippen LogP contribution in [0, 0.1) is 0 Å². The van der Waals surface area contributed by atoms with Crippen LogP contribution in [0.1, 0.15) is 5.56 Å². The van der Waals surface area contributed by atoms with Crippen LogP contribution in [0.3, 0.4) is 0 Å². The number of thiophene rings is 1. The van der Waals surface area contributed by atoms with Gasteiger partial charge in [-0.25, -0.2) is 4.68 Å². The fourth-order valence-corrected chi connectivity index (χ4v) is 3.37. The summed E-state index contributed by atoms with van der Waals surface area (Å²) in [6.07, 6.45) is 3.87. The van der Waals surface area contributed by atoms with Gasteiger partial charge < -0.3 is 4.74 Å². The Labute approximate surface area is 156 Å². The molecule has 26 heavy (non-hydrogen) atoms. The van der Waals surface area contributed by atoms with Gasteiger partial charge in [0.2, 0.25) is 0 Å². The molecule has 128 valence electrons. The first kappa shape index (κ1) is 16.3. The minimum atomic E-state index is 0.790. The molecule has 0 N–H and O–H groups in total. The first-order chi connectivity index (χ1) is 12.8. The number of methoxy groups -OCH3 is 1. The van der Waals surface area contributed by atoms with E-state index >= 15 is 0 Å². The zero-order chi connectivity index (χ0) is 17.8. The number of ether oxygens (including phenoxy) is 1. The van der Waals surface area contributed by atoms with Crippen LogP contribution < -0.4 is 4.74 Å². The average Bonchev–Trinajstić information content (AvgIpc) is 3.37. The van der Waals surface area contributed by atoms with Gasteiger partial charge in [0.1, 0.15) is 11.4 Å². The lowest BCUT2D eigenvalue weighted by molar-refractivity contribution is 0.415. The molecule has 0 saturated heterocycles. The van der Waals surface area contributed by atoms with Gasteiger partial charge in [-0.15, -0.1) is 11.3 Å². The molecular weight excluding hydrogens is 342 g/mol. The minimum absolute atomic E-state index is 0.790. The normalized spacial score (nSPS) is 11.1. The van der Waals surface area contributed by atoms with E-state index in [0.717, 1.165) is 33.3 Å². The number of aliphatic imine (C=N–C) groups is 1. The first-order valence-electron chi connectivity index (χ1n) is 8.20. The van der Waals surface area contributed by atoms with Crippen LogP contribution >= 0.6 is 11.3 Å². The Hall–Kier alpha value is -3.18. The quantitative estimate of drug-likeness (QED) is 0.450. The Kier molecular flexibility index (Phi) is 4.62. The summed E-state index contributed by atoms with van der Waals surface area (Å²) in [5.41, 5.74) is 3.76. The summed E-state index contributed by atoms with van der Waals surface area (Å²) >= 11 is 1.67. The fraction of sp³-hybridized carbons (Fsp3) is 0.0476. The third kappa shape index (κ3) is 3.43. The smallest absolute Gasteiger partial charge is 0.121 e. The third-order valence-corrected chi connectivity index (χ3v) is 4.80. The second-order valence-corrected chi connectivity index (χ2v) is 6.60. The predicted molar refractivity (Wildman–Crippen MR) is 107 cm³/mol. The molecule has 0 fully saturated rings. The zero-order valence-electron chi connectivity index (χ0n) is 14.2. The molecule has 0 atom stereocenters. The molecule has 4 nitrogen and oxygen atoms in total. The lowest BCUT2D eigenvalue weighted by Gasteiger charge is -1.99. The minimum Gasteiger partial charge on any atom is -0.497 e. The van der Waals surface area contributed by atoms with Crippen molar-refractivity contribution in [2.24, 2.45) is 4.99 Å². The van der Waals surface area contributed by atoms with Crippen molar-refractivity contribution >= 4 is 23.2 Å². The van der Waals surface area contributed by atoms with Gasteiger partial charge in [-0.2, -0.15) is 5.10 Å². The molecule has 0 aliphatic heterocycles. The van der Waals surface area contributed by atoms with Gasteiger partial charge in [-0.3, -0.25) is 4.99 Å². The van der Waals surface area contributed by atoms with E-state index in [1.54, 1.807) is 18.4 Å². The van der Waals surface area contributed by atoms with Crippen LogP contribution in [-0.4, -0.2) is 23.1 Å². The van der Waals surface area contributed by atoms with Gasteiger partial charge in [0.05, 0.1) is 23.4 Å². The molecule has 0 aliphatic carbocycles. The van der Waals surface area contributed by atoms with Gasteiger partial charge in [-0.1, -0.05) is 30.3 Å². The van der Waals surface area contributed by atoms with Gasteiger partial charge in [0.15, 0.2) is 0 Å². The fourth-order valence-electron chi connectivity index (χ4n) is 2.63. The summed E-state index contributed by atoms with van der Waals surface area (Å²) in [5, 5.41) is 6.84. The van der Waals surface area contributed by atoms with Gasteiger partial charge >= 0.3 is 0 Å². The van der Waals surface area contributed by atoms with E-state index in [1.807, 2.05) is 77.8 Å². The molecule has 5 heteroatoms. The number of hydrogen-bond donors (Lipinski definition) is 0. The summed E-state index contributed by atoms with van der Waals surface area (Å²) < 4.78 is 7.15. The summed E-state index contributed by atoms with van der Waals surface area (Å²) in [5.74, 6) is 0.790. The van der Waals surface area contributed by atoms with Gasteiger partial charge in [0.25, 0.3) is 0 Å². The summed E-state index contributed by atoms with van der Waals surface area (Å²) in [6.45, 7) is 0. The Bertz CT molecular complexity index is 1020. The lowest BCUT2D eigenvalue weighted by Crippen LogP contribution is -1.93. The number of hydrogen-bond acceptors (Lipinski definition) is 4. The Balaban J connectivity index is 1.74. The topological polar surface area (TPSA) is 39.4 Å². The van der Waals surface area contributed by atoms with E-state index in [1.165, 1.54) is 0 Å². The number of benzene rings is 2. The van der Waals surface area contributed by atoms with E-state index in [9.17, 15) is 0 Å². The van der Waals surface area contributed by atoms with Crippen LogP contribution in [0.25, 0.3) is 16.3 Å². The zero-order valence-corrected chi connectivity index (χ0v) is 15.1. The SMILES string of the molecule is COc1cccc(N=Cc2cn(-c3ccccc3)nc2-c2cccs2)c1. The highest BCUT2D eigenvalue weighted by Gasteiger charge is 2.11. The van der Waals surface area contributed by atoms with E-state index in [0.29, 0.717) is 0 Å². The van der Waals surface area contributed by atoms with Crippen LogP contribution in [0.5, 0.6) is 5.75 Å². The summed E-state index contributed by atoms with van der Waals surface area (Å²) in [7, 11) is 1.65. The van der Waals surface area contributed by atoms with Crippen molar-refractivity contribution in [2.45, 2.75) is 0 Å². The molecule has 0 amide bonds. The average molecular weight is 359 g/mol. The van der Waals surface area contributed by atoms with Crippen LogP contribution in [0.2, 0.25) is 0 Å². The molecule has 0 bridgehead atoms. The molecule has 4 rings (SSSR count). The number of nitrogens with zero attached hydrogens (tertiary/aromatic N) is 3. The number of aromatic nitrogens is 2. The molecule has 0 saturated carbocycles. The highest BCUT2D eigenvalue weighted by molar-refractivity contribution is 7.13. The largest absolute Gasteiger partial charge is 0.497 e. The molecular formula is C21H17N3OS. The van der Waals surface area contributed by atoms with Crippen molar-refractivity contribution in [3.05, 3.63) is 83.9 Å². The maximum absolute atomic E-state index is 5.26. The highest BCUT2D eigenvalue weighted by atomic mass is 32.1. The van der Waals surface area contributed by atoms with E-state index < -0.39 is 0 Å². The van der Waals surface area contributed by atoms with Crippen molar-refractivity contribution in [3.8, 4) is 22.0 Å². The number of rotatable bonds is 5. The Morgan fingerprint density at radius 2 is 1.92 bits per heavy atom. The monoisotopic (exact) mass is 359 g/mol. The first-order valence-corrected chi connectivity index (χ1v) is 9.08. The third-order valence-electron chi connectivity index (χ3n) is 3.92. The molecule has 0 spiro atoms. The molecule has 4 aromatic rings. The second kappa shape index (κ2) is 7.37. The summed E-state index contributed by atoms with van der Waals surface area (Å²) in [4.78, 5) is 5.73. The van der Waals surface area contributed by atoms with Crippen molar-refractivity contribution in [3.63, 3.8) is 0 Å². The van der Waals surface area contributed by atoms with Crippen molar-refractivity contribution < 1.29 is 4.74 Å². The standard InChI is InChI=1S/C21H17N3OS/c1-25-19-10-5-7-17(13-19)22-14-16-15-24(18-8-3-2-4-9-18)23-21(16)20-11-6-12-26-20/h2-15H,1H3. The lowest BCUT2D eigenvalue weighted by atomic mass is 10.2. The summed E-state index contributed by atoms with van der Waals surface area (Å²) in [6, 6.07) is 21.9. The van der Waals surface area contributed by atoms with Crippen LogP contribution in [-0.2, 0) is 0 Å². The van der Waals surface area contributed by atoms with Crippen LogP contribution in [0.4, 0.5) is 5.69 Å². The molecule has 0 aliphatic rings. The Morgan fingerprint density at radius 1 is 1.04 bits per heavy atom. The highest BCUT2D eigenvalue weighted by Crippen LogP contribution is 2.27. The van der Waals surface area contributed by atoms with E-state index in [2.05, 4.69) is 16.4 Å².